The van der Waals surface area contributed by atoms with Crippen LogP contribution < -0.4 is 0 Å². The summed E-state index contributed by atoms with van der Waals surface area (Å²) in [5.74, 6) is 1.51. The molecule has 0 heterocycles. The highest BCUT2D eigenvalue weighted by molar-refractivity contribution is 9.09. The van der Waals surface area contributed by atoms with E-state index in [1.165, 1.54) is 19.3 Å². The second-order valence-electron chi connectivity index (χ2n) is 3.91. The van der Waals surface area contributed by atoms with E-state index in [0.717, 1.165) is 23.8 Å². The molecule has 0 aliphatic heterocycles. The molecule has 0 aromatic rings. The van der Waals surface area contributed by atoms with E-state index in [0.29, 0.717) is 6.10 Å². The van der Waals surface area contributed by atoms with Crippen molar-refractivity contribution in [2.45, 2.75) is 39.2 Å². The van der Waals surface area contributed by atoms with Gasteiger partial charge in [-0.3, -0.25) is 0 Å². The first-order chi connectivity index (χ1) is 5.75. The second kappa shape index (κ2) is 5.23. The summed E-state index contributed by atoms with van der Waals surface area (Å²) in [6.07, 6.45) is 4.58. The Morgan fingerprint density at radius 2 is 1.83 bits per heavy atom. The maximum absolute atomic E-state index is 5.81. The van der Waals surface area contributed by atoms with Crippen molar-refractivity contribution in [2.24, 2.45) is 11.8 Å². The van der Waals surface area contributed by atoms with Crippen molar-refractivity contribution in [3.05, 3.63) is 0 Å². The van der Waals surface area contributed by atoms with Crippen LogP contribution in [0.25, 0.3) is 0 Å². The maximum Gasteiger partial charge on any atom is 0.0626 e. The van der Waals surface area contributed by atoms with E-state index in [9.17, 15) is 0 Å². The number of hydrogen-bond donors (Lipinski definition) is 0. The minimum atomic E-state index is 0.510. The highest BCUT2D eigenvalue weighted by atomic mass is 79.9. The van der Waals surface area contributed by atoms with Gasteiger partial charge >= 0.3 is 0 Å². The Hall–Kier alpha value is 0.440. The van der Waals surface area contributed by atoms with E-state index >= 15 is 0 Å². The molecule has 0 saturated heterocycles. The van der Waals surface area contributed by atoms with Crippen molar-refractivity contribution in [3.8, 4) is 0 Å². The molecule has 0 aromatic heterocycles. The molecule has 1 saturated carbocycles. The molecule has 0 radical (unpaired) electrons. The lowest BCUT2D eigenvalue weighted by molar-refractivity contribution is -0.0302. The van der Waals surface area contributed by atoms with Crippen molar-refractivity contribution in [3.63, 3.8) is 0 Å². The molecule has 0 amide bonds. The summed E-state index contributed by atoms with van der Waals surface area (Å²) in [5, 5.41) is 0.961. The molecule has 0 aromatic carbocycles. The van der Waals surface area contributed by atoms with Crippen LogP contribution in [0.4, 0.5) is 0 Å². The monoisotopic (exact) mass is 234 g/mol. The normalized spacial score (nSPS) is 36.8. The highest BCUT2D eigenvalue weighted by Crippen LogP contribution is 2.30. The van der Waals surface area contributed by atoms with E-state index in [2.05, 4.69) is 29.8 Å². The Kier molecular flexibility index (Phi) is 4.59. The van der Waals surface area contributed by atoms with Crippen LogP contribution in [-0.4, -0.2) is 18.0 Å². The van der Waals surface area contributed by atoms with E-state index in [1.807, 2.05) is 0 Å². The summed E-state index contributed by atoms with van der Waals surface area (Å²) in [7, 11) is 0. The molecule has 1 fully saturated rings. The zero-order valence-corrected chi connectivity index (χ0v) is 9.64. The molecule has 12 heavy (non-hydrogen) atoms. The number of rotatable bonds is 3. The van der Waals surface area contributed by atoms with Crippen molar-refractivity contribution in [1.29, 1.82) is 0 Å². The van der Waals surface area contributed by atoms with Gasteiger partial charge in [0.25, 0.3) is 0 Å². The van der Waals surface area contributed by atoms with Gasteiger partial charge in [-0.1, -0.05) is 36.2 Å². The first-order valence-corrected chi connectivity index (χ1v) is 6.05. The van der Waals surface area contributed by atoms with Crippen LogP contribution in [0.1, 0.15) is 33.1 Å². The number of halogens is 1. The summed E-state index contributed by atoms with van der Waals surface area (Å²) < 4.78 is 5.81. The highest BCUT2D eigenvalue weighted by Gasteiger charge is 2.27. The van der Waals surface area contributed by atoms with Crippen LogP contribution in [0, 0.1) is 11.8 Å². The van der Waals surface area contributed by atoms with Gasteiger partial charge in [0, 0.05) is 5.33 Å². The molecule has 1 aliphatic carbocycles. The van der Waals surface area contributed by atoms with Crippen LogP contribution in [0.3, 0.4) is 0 Å². The van der Waals surface area contributed by atoms with Crippen molar-refractivity contribution in [2.75, 3.05) is 11.9 Å². The molecule has 1 nitrogen and oxygen atoms in total. The van der Waals surface area contributed by atoms with Gasteiger partial charge in [0.1, 0.15) is 0 Å². The molecule has 0 bridgehead atoms. The zero-order valence-electron chi connectivity index (χ0n) is 8.05. The van der Waals surface area contributed by atoms with Gasteiger partial charge < -0.3 is 4.74 Å². The van der Waals surface area contributed by atoms with E-state index in [1.54, 1.807) is 0 Å². The van der Waals surface area contributed by atoms with Gasteiger partial charge in [-0.15, -0.1) is 0 Å². The Labute approximate surface area is 84.0 Å². The zero-order chi connectivity index (χ0) is 8.97. The Morgan fingerprint density at radius 3 is 2.33 bits per heavy atom. The molecule has 0 spiro atoms. The summed E-state index contributed by atoms with van der Waals surface area (Å²) in [6.45, 7) is 5.49. The molecular formula is C10H19BrO. The molecule has 1 aliphatic rings. The van der Waals surface area contributed by atoms with E-state index in [4.69, 9.17) is 4.74 Å². The number of alkyl halides is 1. The molecule has 2 unspecified atom stereocenters. The molecule has 1 rings (SSSR count). The van der Waals surface area contributed by atoms with Crippen LogP contribution in [0.2, 0.25) is 0 Å². The van der Waals surface area contributed by atoms with Gasteiger partial charge in [-0.2, -0.15) is 0 Å². The number of hydrogen-bond acceptors (Lipinski definition) is 1. The minimum Gasteiger partial charge on any atom is -0.377 e. The van der Waals surface area contributed by atoms with Gasteiger partial charge in [0.05, 0.1) is 12.7 Å². The third-order valence-corrected chi connectivity index (χ3v) is 3.15. The quantitative estimate of drug-likeness (QED) is 0.682. The third-order valence-electron chi connectivity index (χ3n) is 2.83. The summed E-state index contributed by atoms with van der Waals surface area (Å²) in [5.41, 5.74) is 0. The molecule has 0 N–H and O–H groups in total. The topological polar surface area (TPSA) is 9.23 Å². The number of ether oxygens (including phenoxy) is 1. The van der Waals surface area contributed by atoms with Crippen LogP contribution in [0.5, 0.6) is 0 Å². The molecule has 2 heteroatoms. The van der Waals surface area contributed by atoms with Crippen molar-refractivity contribution in [1.82, 2.24) is 0 Å². The van der Waals surface area contributed by atoms with E-state index < -0.39 is 0 Å². The third kappa shape index (κ3) is 2.74. The van der Waals surface area contributed by atoms with Crippen molar-refractivity contribution >= 4 is 15.9 Å². The first-order valence-electron chi connectivity index (χ1n) is 4.93. The smallest absolute Gasteiger partial charge is 0.0626 e. The average molecular weight is 235 g/mol. The maximum atomic E-state index is 5.81. The van der Waals surface area contributed by atoms with E-state index in [-0.39, 0.29) is 0 Å². The lowest BCUT2D eigenvalue weighted by Crippen LogP contribution is -2.33. The van der Waals surface area contributed by atoms with Gasteiger partial charge in [-0.05, 0) is 24.7 Å². The second-order valence-corrected chi connectivity index (χ2v) is 4.70. The van der Waals surface area contributed by atoms with Gasteiger partial charge in [-0.25, -0.2) is 0 Å². The molecule has 2 atom stereocenters. The largest absolute Gasteiger partial charge is 0.377 e. The Morgan fingerprint density at radius 1 is 1.25 bits per heavy atom. The minimum absolute atomic E-state index is 0.510. The molecule has 72 valence electrons. The standard InChI is InChI=1S/C10H19BrO/c1-8-4-3-5-9(2)10(8)12-7-6-11/h8-10H,3-7H2,1-2H3. The Balaban J connectivity index is 2.34. The van der Waals surface area contributed by atoms with Crippen LogP contribution in [0.15, 0.2) is 0 Å². The fourth-order valence-electron chi connectivity index (χ4n) is 2.16. The first kappa shape index (κ1) is 10.5. The molecular weight excluding hydrogens is 216 g/mol. The SMILES string of the molecule is CC1CCCC(C)C1OCCBr. The summed E-state index contributed by atoms with van der Waals surface area (Å²) in [4.78, 5) is 0. The Bertz CT molecular complexity index is 117. The summed E-state index contributed by atoms with van der Waals surface area (Å²) in [6, 6.07) is 0. The van der Waals surface area contributed by atoms with Gasteiger partial charge in [0.2, 0.25) is 0 Å². The fraction of sp³-hybridized carbons (Fsp3) is 1.00. The van der Waals surface area contributed by atoms with Crippen molar-refractivity contribution < 1.29 is 4.74 Å². The van der Waals surface area contributed by atoms with Gasteiger partial charge in [0.15, 0.2) is 0 Å². The lowest BCUT2D eigenvalue weighted by atomic mass is 9.81. The predicted molar refractivity (Wildman–Crippen MR) is 55.7 cm³/mol. The van der Waals surface area contributed by atoms with Crippen LogP contribution >= 0.6 is 15.9 Å². The summed E-state index contributed by atoms with van der Waals surface area (Å²) >= 11 is 3.39. The van der Waals surface area contributed by atoms with Crippen LogP contribution in [-0.2, 0) is 4.74 Å². The lowest BCUT2D eigenvalue weighted by Gasteiger charge is -2.34. The fourth-order valence-corrected chi connectivity index (χ4v) is 2.35. The average Bonchev–Trinajstić information content (AvgIpc) is 2.04. The predicted octanol–water partition coefficient (Wildman–Crippen LogP) is 3.22.